The topological polar surface area (TPSA) is 97.8 Å². The standard InChI is InChI=1S/C13H14N2O5/c1-4-9-6-14-11(12(20-18)8(9)3)13(17)15-7-10(16)19-5-2/h1,6,18H,5,7H2,2-3H3,(H,15,17). The van der Waals surface area contributed by atoms with E-state index >= 15 is 0 Å². The van der Waals surface area contributed by atoms with Crippen LogP contribution in [0.4, 0.5) is 0 Å². The van der Waals surface area contributed by atoms with Crippen molar-refractivity contribution in [3.8, 4) is 18.1 Å². The number of terminal acetylenes is 1. The number of pyridine rings is 1. The highest BCUT2D eigenvalue weighted by atomic mass is 17.1. The van der Waals surface area contributed by atoms with Crippen LogP contribution in [-0.4, -0.2) is 35.3 Å². The smallest absolute Gasteiger partial charge is 0.325 e. The molecular formula is C13H14N2O5. The number of hydrogen-bond donors (Lipinski definition) is 2. The summed E-state index contributed by atoms with van der Waals surface area (Å²) in [6.45, 7) is 3.13. The van der Waals surface area contributed by atoms with Gasteiger partial charge in [-0.1, -0.05) is 5.92 Å². The van der Waals surface area contributed by atoms with Gasteiger partial charge in [-0.2, -0.15) is 0 Å². The van der Waals surface area contributed by atoms with Crippen molar-refractivity contribution < 1.29 is 24.5 Å². The van der Waals surface area contributed by atoms with Gasteiger partial charge >= 0.3 is 5.97 Å². The number of carbonyl (C=O) groups excluding carboxylic acids is 2. The highest BCUT2D eigenvalue weighted by Crippen LogP contribution is 2.23. The summed E-state index contributed by atoms with van der Waals surface area (Å²) >= 11 is 0. The van der Waals surface area contributed by atoms with E-state index in [9.17, 15) is 9.59 Å². The molecule has 2 N–H and O–H groups in total. The summed E-state index contributed by atoms with van der Waals surface area (Å²) in [6, 6.07) is 0. The summed E-state index contributed by atoms with van der Waals surface area (Å²) in [5.41, 5.74) is 0.607. The Morgan fingerprint density at radius 2 is 2.25 bits per heavy atom. The van der Waals surface area contributed by atoms with E-state index in [1.54, 1.807) is 13.8 Å². The summed E-state index contributed by atoms with van der Waals surface area (Å²) < 4.78 is 4.66. The molecule has 0 aliphatic heterocycles. The first-order chi connectivity index (χ1) is 9.54. The van der Waals surface area contributed by atoms with Gasteiger partial charge in [-0.05, 0) is 13.8 Å². The summed E-state index contributed by atoms with van der Waals surface area (Å²) in [7, 11) is 0. The number of esters is 1. The van der Waals surface area contributed by atoms with Gasteiger partial charge in [0.05, 0.1) is 6.61 Å². The molecule has 0 spiro atoms. The summed E-state index contributed by atoms with van der Waals surface area (Å²) in [5, 5.41) is 11.2. The molecule has 106 valence electrons. The Morgan fingerprint density at radius 3 is 2.80 bits per heavy atom. The van der Waals surface area contributed by atoms with Crippen LogP contribution in [0.25, 0.3) is 0 Å². The third kappa shape index (κ3) is 3.46. The molecule has 0 aliphatic rings. The molecular weight excluding hydrogens is 264 g/mol. The monoisotopic (exact) mass is 278 g/mol. The van der Waals surface area contributed by atoms with Crippen LogP contribution in [0.1, 0.15) is 28.5 Å². The van der Waals surface area contributed by atoms with Crippen molar-refractivity contribution in [2.75, 3.05) is 13.2 Å². The highest BCUT2D eigenvalue weighted by Gasteiger charge is 2.20. The summed E-state index contributed by atoms with van der Waals surface area (Å²) in [5.74, 6) is 0.927. The van der Waals surface area contributed by atoms with Crippen LogP contribution in [-0.2, 0) is 9.53 Å². The van der Waals surface area contributed by atoms with Gasteiger partial charge in [0.25, 0.3) is 5.91 Å². The van der Waals surface area contributed by atoms with E-state index in [0.29, 0.717) is 11.1 Å². The van der Waals surface area contributed by atoms with E-state index in [0.717, 1.165) is 0 Å². The molecule has 0 atom stereocenters. The predicted octanol–water partition coefficient (Wildman–Crippen LogP) is 0.516. The molecule has 1 heterocycles. The van der Waals surface area contributed by atoms with Crippen LogP contribution >= 0.6 is 0 Å². The Hall–Kier alpha value is -2.59. The first-order valence-corrected chi connectivity index (χ1v) is 5.76. The number of aromatic nitrogens is 1. The molecule has 0 radical (unpaired) electrons. The second kappa shape index (κ2) is 7.11. The van der Waals surface area contributed by atoms with E-state index in [4.69, 9.17) is 11.7 Å². The van der Waals surface area contributed by atoms with Gasteiger partial charge < -0.3 is 14.9 Å². The number of nitrogens with one attached hydrogen (secondary N) is 1. The van der Waals surface area contributed by atoms with Crippen LogP contribution in [0.5, 0.6) is 5.75 Å². The normalized spacial score (nSPS) is 9.50. The van der Waals surface area contributed by atoms with E-state index in [-0.39, 0.29) is 24.6 Å². The molecule has 0 fully saturated rings. The maximum absolute atomic E-state index is 11.9. The zero-order valence-electron chi connectivity index (χ0n) is 11.1. The van der Waals surface area contributed by atoms with E-state index < -0.39 is 11.9 Å². The van der Waals surface area contributed by atoms with Crippen LogP contribution in [0.3, 0.4) is 0 Å². The Morgan fingerprint density at radius 1 is 1.55 bits per heavy atom. The highest BCUT2D eigenvalue weighted by molar-refractivity contribution is 5.97. The largest absolute Gasteiger partial charge is 0.465 e. The van der Waals surface area contributed by atoms with Crippen molar-refractivity contribution in [2.45, 2.75) is 13.8 Å². The minimum Gasteiger partial charge on any atom is -0.465 e. The minimum absolute atomic E-state index is 0.151. The fourth-order valence-corrected chi connectivity index (χ4v) is 1.45. The van der Waals surface area contributed by atoms with Crippen LogP contribution in [0.15, 0.2) is 6.20 Å². The zero-order valence-corrected chi connectivity index (χ0v) is 11.1. The lowest BCUT2D eigenvalue weighted by molar-refractivity contribution is -0.141. The Balaban J connectivity index is 2.91. The number of ether oxygens (including phenoxy) is 1. The van der Waals surface area contributed by atoms with Crippen LogP contribution in [0, 0.1) is 19.3 Å². The fourth-order valence-electron chi connectivity index (χ4n) is 1.45. The third-order valence-corrected chi connectivity index (χ3v) is 2.44. The van der Waals surface area contributed by atoms with Gasteiger partial charge in [0.2, 0.25) is 5.75 Å². The van der Waals surface area contributed by atoms with Crippen molar-refractivity contribution in [3.05, 3.63) is 23.0 Å². The Bertz CT molecular complexity index is 563. The number of nitrogens with zero attached hydrogens (tertiary/aromatic N) is 1. The maximum Gasteiger partial charge on any atom is 0.325 e. The lowest BCUT2D eigenvalue weighted by Crippen LogP contribution is -2.31. The zero-order chi connectivity index (χ0) is 15.1. The molecule has 7 heteroatoms. The van der Waals surface area contributed by atoms with Crippen molar-refractivity contribution in [1.29, 1.82) is 0 Å². The molecule has 7 nitrogen and oxygen atoms in total. The van der Waals surface area contributed by atoms with Gasteiger partial charge in [0.15, 0.2) is 5.69 Å². The van der Waals surface area contributed by atoms with Gasteiger partial charge in [0.1, 0.15) is 6.54 Å². The second-order valence-corrected chi connectivity index (χ2v) is 3.70. The summed E-state index contributed by atoms with van der Waals surface area (Å²) in [6.07, 6.45) is 6.55. The van der Waals surface area contributed by atoms with Crippen molar-refractivity contribution in [3.63, 3.8) is 0 Å². The average molecular weight is 278 g/mol. The number of rotatable bonds is 5. The molecule has 1 aromatic rings. The number of carbonyl (C=O) groups is 2. The van der Waals surface area contributed by atoms with Crippen molar-refractivity contribution in [1.82, 2.24) is 10.3 Å². The molecule has 0 aromatic carbocycles. The Labute approximate surface area is 115 Å². The average Bonchev–Trinajstić information content (AvgIpc) is 2.44. The fraction of sp³-hybridized carbons (Fsp3) is 0.308. The van der Waals surface area contributed by atoms with Crippen LogP contribution in [0.2, 0.25) is 0 Å². The molecule has 20 heavy (non-hydrogen) atoms. The first kappa shape index (κ1) is 15.5. The molecule has 1 aromatic heterocycles. The lowest BCUT2D eigenvalue weighted by Gasteiger charge is -2.10. The van der Waals surface area contributed by atoms with Gasteiger partial charge in [-0.3, -0.25) is 9.59 Å². The Kier molecular flexibility index (Phi) is 5.50. The summed E-state index contributed by atoms with van der Waals surface area (Å²) in [4.78, 5) is 31.0. The molecule has 0 unspecified atom stereocenters. The third-order valence-electron chi connectivity index (χ3n) is 2.44. The van der Waals surface area contributed by atoms with Crippen LogP contribution < -0.4 is 10.2 Å². The van der Waals surface area contributed by atoms with E-state index in [2.05, 4.69) is 25.8 Å². The van der Waals surface area contributed by atoms with Gasteiger partial charge in [-0.15, -0.1) is 6.42 Å². The first-order valence-electron chi connectivity index (χ1n) is 5.76. The molecule has 0 bridgehead atoms. The van der Waals surface area contributed by atoms with E-state index in [1.807, 2.05) is 0 Å². The number of hydrogen-bond acceptors (Lipinski definition) is 6. The van der Waals surface area contributed by atoms with Gasteiger partial charge in [-0.25, -0.2) is 10.2 Å². The second-order valence-electron chi connectivity index (χ2n) is 3.70. The van der Waals surface area contributed by atoms with Gasteiger partial charge in [0, 0.05) is 17.3 Å². The molecule has 1 amide bonds. The predicted molar refractivity (Wildman–Crippen MR) is 69.1 cm³/mol. The number of amides is 1. The molecule has 1 rings (SSSR count). The van der Waals surface area contributed by atoms with Crippen molar-refractivity contribution in [2.24, 2.45) is 0 Å². The minimum atomic E-state index is -0.686. The SMILES string of the molecule is C#Cc1cnc(C(=O)NCC(=O)OCC)c(OO)c1C. The van der Waals surface area contributed by atoms with E-state index in [1.165, 1.54) is 6.20 Å². The molecule has 0 saturated heterocycles. The van der Waals surface area contributed by atoms with Crippen molar-refractivity contribution >= 4 is 11.9 Å². The molecule has 0 aliphatic carbocycles. The maximum atomic E-state index is 11.9. The quantitative estimate of drug-likeness (QED) is 0.352. The molecule has 0 saturated carbocycles. The lowest BCUT2D eigenvalue weighted by atomic mass is 10.1.